The molecule has 0 saturated heterocycles. The summed E-state index contributed by atoms with van der Waals surface area (Å²) in [5.41, 5.74) is 8.02. The number of nitrogens with two attached hydrogens (primary N) is 1. The van der Waals surface area contributed by atoms with Crippen molar-refractivity contribution in [2.45, 2.75) is 19.4 Å². The van der Waals surface area contributed by atoms with Crippen molar-refractivity contribution in [2.75, 3.05) is 6.54 Å². The summed E-state index contributed by atoms with van der Waals surface area (Å²) in [5, 5.41) is 0. The molecule has 4 nitrogen and oxygen atoms in total. The number of hydrogen-bond donors (Lipinski definition) is 2. The van der Waals surface area contributed by atoms with Crippen molar-refractivity contribution in [1.82, 2.24) is 9.97 Å². The fraction of sp³-hybridized carbons (Fsp3) is 0.308. The third kappa shape index (κ3) is 1.76. The molecule has 1 atom stereocenters. The lowest BCUT2D eigenvalue weighted by molar-refractivity contribution is 0.232. The summed E-state index contributed by atoms with van der Waals surface area (Å²) in [6.45, 7) is 2.26. The van der Waals surface area contributed by atoms with Crippen LogP contribution in [0.4, 0.5) is 4.39 Å². The Bertz CT molecular complexity index is 594. The molecule has 1 aliphatic rings. The number of halogens is 1. The van der Waals surface area contributed by atoms with Crippen molar-refractivity contribution < 1.29 is 9.13 Å². The predicted octanol–water partition coefficient (Wildman–Crippen LogP) is 1.79. The molecule has 3 N–H and O–H groups in total. The molecular formula is C13H14FN3O. The van der Waals surface area contributed by atoms with Crippen molar-refractivity contribution in [3.8, 4) is 17.0 Å². The van der Waals surface area contributed by atoms with Gasteiger partial charge >= 0.3 is 0 Å². The Morgan fingerprint density at radius 3 is 3.06 bits per heavy atom. The van der Waals surface area contributed by atoms with Crippen LogP contribution in [0.1, 0.15) is 11.4 Å². The van der Waals surface area contributed by atoms with Crippen LogP contribution in [0.15, 0.2) is 18.3 Å². The number of aryl methyl sites for hydroxylation is 1. The van der Waals surface area contributed by atoms with Gasteiger partial charge in [-0.2, -0.15) is 0 Å². The van der Waals surface area contributed by atoms with E-state index in [1.807, 2.05) is 13.0 Å². The summed E-state index contributed by atoms with van der Waals surface area (Å²) in [6, 6.07) is 3.39. The molecular weight excluding hydrogens is 233 g/mol. The van der Waals surface area contributed by atoms with Crippen molar-refractivity contribution in [1.29, 1.82) is 0 Å². The Labute approximate surface area is 104 Å². The fourth-order valence-corrected chi connectivity index (χ4v) is 2.24. The molecule has 1 aromatic carbocycles. The van der Waals surface area contributed by atoms with E-state index in [1.54, 1.807) is 6.20 Å². The van der Waals surface area contributed by atoms with Gasteiger partial charge in [0.25, 0.3) is 0 Å². The minimum atomic E-state index is -0.342. The zero-order chi connectivity index (χ0) is 12.7. The summed E-state index contributed by atoms with van der Waals surface area (Å²) in [4.78, 5) is 7.21. The van der Waals surface area contributed by atoms with Gasteiger partial charge < -0.3 is 15.5 Å². The average molecular weight is 247 g/mol. The first-order valence-electron chi connectivity index (χ1n) is 5.88. The number of fused-ring (bicyclic) bond motifs is 1. The van der Waals surface area contributed by atoms with E-state index in [1.165, 1.54) is 6.07 Å². The van der Waals surface area contributed by atoms with Crippen LogP contribution >= 0.6 is 0 Å². The van der Waals surface area contributed by atoms with Crippen molar-refractivity contribution >= 4 is 0 Å². The highest BCUT2D eigenvalue weighted by Crippen LogP contribution is 2.35. The van der Waals surface area contributed by atoms with E-state index in [0.717, 1.165) is 22.6 Å². The van der Waals surface area contributed by atoms with Gasteiger partial charge in [-0.15, -0.1) is 0 Å². The number of aromatic amines is 1. The van der Waals surface area contributed by atoms with Crippen molar-refractivity contribution in [3.63, 3.8) is 0 Å². The van der Waals surface area contributed by atoms with Gasteiger partial charge in [-0.1, -0.05) is 0 Å². The lowest BCUT2D eigenvalue weighted by Crippen LogP contribution is -2.24. The molecule has 0 amide bonds. The fourth-order valence-electron chi connectivity index (χ4n) is 2.24. The lowest BCUT2D eigenvalue weighted by Gasteiger charge is -2.07. The molecule has 3 rings (SSSR count). The predicted molar refractivity (Wildman–Crippen MR) is 65.9 cm³/mol. The number of rotatable bonds is 2. The molecule has 1 unspecified atom stereocenters. The minimum Gasteiger partial charge on any atom is -0.485 e. The number of aromatic nitrogens is 2. The minimum absolute atomic E-state index is 0.117. The monoisotopic (exact) mass is 247 g/mol. The van der Waals surface area contributed by atoms with E-state index in [0.29, 0.717) is 18.7 Å². The SMILES string of the molecule is Cc1ncc(-c2cc(F)c3c(c2)CC(CN)O3)[nH]1. The maximum atomic E-state index is 14.0. The maximum Gasteiger partial charge on any atom is 0.166 e. The van der Waals surface area contributed by atoms with Crippen LogP contribution in [0.5, 0.6) is 5.75 Å². The summed E-state index contributed by atoms with van der Waals surface area (Å²) in [5.74, 6) is 0.804. The van der Waals surface area contributed by atoms with Crippen LogP contribution in [0.3, 0.4) is 0 Å². The summed E-state index contributed by atoms with van der Waals surface area (Å²) < 4.78 is 19.4. The highest BCUT2D eigenvalue weighted by molar-refractivity contribution is 5.62. The first-order chi connectivity index (χ1) is 8.67. The van der Waals surface area contributed by atoms with E-state index < -0.39 is 0 Å². The number of hydrogen-bond acceptors (Lipinski definition) is 3. The number of ether oxygens (including phenoxy) is 1. The smallest absolute Gasteiger partial charge is 0.166 e. The normalized spacial score (nSPS) is 17.6. The van der Waals surface area contributed by atoms with Crippen LogP contribution in [-0.4, -0.2) is 22.6 Å². The van der Waals surface area contributed by atoms with Gasteiger partial charge in [-0.05, 0) is 19.1 Å². The van der Waals surface area contributed by atoms with E-state index in [2.05, 4.69) is 9.97 Å². The number of nitrogens with zero attached hydrogens (tertiary/aromatic N) is 1. The number of benzene rings is 1. The highest BCUT2D eigenvalue weighted by Gasteiger charge is 2.25. The van der Waals surface area contributed by atoms with Gasteiger partial charge in [-0.25, -0.2) is 9.37 Å². The number of nitrogens with one attached hydrogen (secondary N) is 1. The standard InChI is InChI=1S/C13H14FN3O/c1-7-16-6-12(17-7)8-2-9-3-10(5-15)18-13(9)11(14)4-8/h2,4,6,10H,3,5,15H2,1H3,(H,16,17). The Morgan fingerprint density at radius 1 is 1.56 bits per heavy atom. The van der Waals surface area contributed by atoms with Gasteiger partial charge in [0, 0.05) is 24.1 Å². The van der Waals surface area contributed by atoms with Gasteiger partial charge in [0.1, 0.15) is 11.9 Å². The van der Waals surface area contributed by atoms with Crippen molar-refractivity contribution in [3.05, 3.63) is 35.5 Å². The summed E-state index contributed by atoms with van der Waals surface area (Å²) in [6.07, 6.45) is 2.24. The molecule has 0 bridgehead atoms. The molecule has 0 aliphatic carbocycles. The third-order valence-corrected chi connectivity index (χ3v) is 3.13. The Balaban J connectivity index is 2.03. The van der Waals surface area contributed by atoms with Crippen LogP contribution in [0, 0.1) is 12.7 Å². The maximum absolute atomic E-state index is 14.0. The first-order valence-corrected chi connectivity index (χ1v) is 5.88. The number of imidazole rings is 1. The quantitative estimate of drug-likeness (QED) is 0.850. The Morgan fingerprint density at radius 2 is 2.39 bits per heavy atom. The third-order valence-electron chi connectivity index (χ3n) is 3.13. The van der Waals surface area contributed by atoms with E-state index >= 15 is 0 Å². The molecule has 0 saturated carbocycles. The summed E-state index contributed by atoms with van der Waals surface area (Å²) >= 11 is 0. The zero-order valence-corrected chi connectivity index (χ0v) is 10.0. The molecule has 1 aromatic heterocycles. The highest BCUT2D eigenvalue weighted by atomic mass is 19.1. The summed E-state index contributed by atoms with van der Waals surface area (Å²) in [7, 11) is 0. The average Bonchev–Trinajstić information content (AvgIpc) is 2.94. The molecule has 2 heterocycles. The van der Waals surface area contributed by atoms with Crippen LogP contribution in [0.25, 0.3) is 11.3 Å². The van der Waals surface area contributed by atoms with Gasteiger partial charge in [0.15, 0.2) is 11.6 Å². The number of H-pyrrole nitrogens is 1. The van der Waals surface area contributed by atoms with E-state index in [4.69, 9.17) is 10.5 Å². The second kappa shape index (κ2) is 4.10. The van der Waals surface area contributed by atoms with Gasteiger partial charge in [0.05, 0.1) is 11.9 Å². The molecule has 1 aliphatic heterocycles. The Hall–Kier alpha value is -1.88. The van der Waals surface area contributed by atoms with Gasteiger partial charge in [-0.3, -0.25) is 0 Å². The largest absolute Gasteiger partial charge is 0.485 e. The molecule has 5 heteroatoms. The Kier molecular flexibility index (Phi) is 2.56. The molecule has 0 spiro atoms. The van der Waals surface area contributed by atoms with Gasteiger partial charge in [0.2, 0.25) is 0 Å². The zero-order valence-electron chi connectivity index (χ0n) is 10.0. The van der Waals surface area contributed by atoms with Crippen LogP contribution in [-0.2, 0) is 6.42 Å². The lowest BCUT2D eigenvalue weighted by atomic mass is 10.0. The molecule has 18 heavy (non-hydrogen) atoms. The second-order valence-corrected chi connectivity index (χ2v) is 4.51. The molecule has 2 aromatic rings. The van der Waals surface area contributed by atoms with E-state index in [9.17, 15) is 4.39 Å². The van der Waals surface area contributed by atoms with Crippen molar-refractivity contribution in [2.24, 2.45) is 5.73 Å². The molecule has 0 radical (unpaired) electrons. The first kappa shape index (κ1) is 11.2. The van der Waals surface area contributed by atoms with E-state index in [-0.39, 0.29) is 11.9 Å². The molecule has 0 fully saturated rings. The van der Waals surface area contributed by atoms with Crippen LogP contribution < -0.4 is 10.5 Å². The second-order valence-electron chi connectivity index (χ2n) is 4.51. The topological polar surface area (TPSA) is 63.9 Å². The molecule has 94 valence electrons. The van der Waals surface area contributed by atoms with Crippen LogP contribution in [0.2, 0.25) is 0 Å².